The van der Waals surface area contributed by atoms with Crippen molar-refractivity contribution in [1.82, 2.24) is 9.47 Å². The van der Waals surface area contributed by atoms with E-state index in [1.165, 1.54) is 29.5 Å². The molecule has 10 heteroatoms. The van der Waals surface area contributed by atoms with Crippen molar-refractivity contribution in [2.75, 3.05) is 20.3 Å². The summed E-state index contributed by atoms with van der Waals surface area (Å²) in [5.74, 6) is 0.558. The Morgan fingerprint density at radius 2 is 1.77 bits per heavy atom. The summed E-state index contributed by atoms with van der Waals surface area (Å²) in [5.41, 5.74) is 1.68. The van der Waals surface area contributed by atoms with Crippen LogP contribution in [0, 0.1) is 5.92 Å². The van der Waals surface area contributed by atoms with E-state index in [-0.39, 0.29) is 31.3 Å². The lowest BCUT2D eigenvalue weighted by Crippen LogP contribution is -2.34. The van der Waals surface area contributed by atoms with Gasteiger partial charge in [0.15, 0.2) is 23.3 Å². The highest BCUT2D eigenvalue weighted by Gasteiger charge is 2.29. The molecule has 2 aromatic carbocycles. The lowest BCUT2D eigenvalue weighted by atomic mass is 9.98. The molecular formula is C29H34Cl2N2O6. The average Bonchev–Trinajstić information content (AvgIpc) is 3.52. The van der Waals surface area contributed by atoms with E-state index in [1.807, 2.05) is 24.3 Å². The number of hydrogen-bond acceptors (Lipinski definition) is 6. The lowest BCUT2D eigenvalue weighted by Gasteiger charge is -2.34. The second kappa shape index (κ2) is 13.3. The van der Waals surface area contributed by atoms with Crippen LogP contribution in [0.4, 0.5) is 0 Å². The summed E-state index contributed by atoms with van der Waals surface area (Å²) in [6.45, 7) is 1.70. The van der Waals surface area contributed by atoms with E-state index in [9.17, 15) is 20.1 Å². The van der Waals surface area contributed by atoms with Crippen LogP contribution in [0.2, 0.25) is 10.0 Å². The van der Waals surface area contributed by atoms with Gasteiger partial charge in [0.2, 0.25) is 0 Å². The first-order valence-corrected chi connectivity index (χ1v) is 13.8. The van der Waals surface area contributed by atoms with Crippen molar-refractivity contribution in [2.24, 2.45) is 5.92 Å². The van der Waals surface area contributed by atoms with Gasteiger partial charge in [-0.05, 0) is 54.2 Å². The second-order valence-corrected chi connectivity index (χ2v) is 10.7. The molecule has 39 heavy (non-hydrogen) atoms. The van der Waals surface area contributed by atoms with Gasteiger partial charge in [0, 0.05) is 41.3 Å². The van der Waals surface area contributed by atoms with Crippen LogP contribution >= 0.6 is 23.2 Å². The first-order valence-electron chi connectivity index (χ1n) is 13.0. The zero-order chi connectivity index (χ0) is 27.9. The number of halogens is 2. The Kier molecular flexibility index (Phi) is 9.88. The van der Waals surface area contributed by atoms with Crippen molar-refractivity contribution in [3.8, 4) is 23.3 Å². The highest BCUT2D eigenvalue weighted by atomic mass is 35.5. The van der Waals surface area contributed by atoms with Gasteiger partial charge in [-0.25, -0.2) is 0 Å². The molecule has 1 heterocycles. The summed E-state index contributed by atoms with van der Waals surface area (Å²) < 4.78 is 12.8. The van der Waals surface area contributed by atoms with E-state index in [1.54, 1.807) is 19.2 Å². The number of benzene rings is 2. The molecule has 0 amide bonds. The molecule has 8 nitrogen and oxygen atoms in total. The van der Waals surface area contributed by atoms with Crippen molar-refractivity contribution in [2.45, 2.75) is 51.2 Å². The van der Waals surface area contributed by atoms with Gasteiger partial charge in [0.25, 0.3) is 0 Å². The maximum atomic E-state index is 12.0. The molecule has 1 aliphatic rings. The summed E-state index contributed by atoms with van der Waals surface area (Å²) >= 11 is 12.7. The molecule has 0 radical (unpaired) electrons. The predicted molar refractivity (Wildman–Crippen MR) is 150 cm³/mol. The van der Waals surface area contributed by atoms with Gasteiger partial charge in [0.05, 0.1) is 20.1 Å². The van der Waals surface area contributed by atoms with Gasteiger partial charge in [-0.15, -0.1) is 0 Å². The van der Waals surface area contributed by atoms with Gasteiger partial charge >= 0.3 is 5.97 Å². The molecule has 0 spiro atoms. The molecule has 0 saturated heterocycles. The summed E-state index contributed by atoms with van der Waals surface area (Å²) in [4.78, 5) is 14.2. The van der Waals surface area contributed by atoms with Crippen molar-refractivity contribution in [1.29, 1.82) is 0 Å². The Morgan fingerprint density at radius 1 is 1.05 bits per heavy atom. The molecule has 1 saturated carbocycles. The number of aliphatic carboxylic acids is 1. The summed E-state index contributed by atoms with van der Waals surface area (Å²) in [6.07, 6.45) is 4.51. The minimum Gasteiger partial charge on any atom is -0.494 e. The largest absolute Gasteiger partial charge is 0.494 e. The SMILES string of the molecule is COc1cc(CN(CC2CCCC2)C(CC(=O)O)c2ccc(Cl)cc2Cl)ccc1OCCn1c(O)ccc1O. The third kappa shape index (κ3) is 7.53. The van der Waals surface area contributed by atoms with Crippen molar-refractivity contribution >= 4 is 29.2 Å². The molecule has 0 aliphatic heterocycles. The van der Waals surface area contributed by atoms with Gasteiger partial charge in [-0.3, -0.25) is 14.3 Å². The molecule has 1 fully saturated rings. The zero-order valence-corrected chi connectivity index (χ0v) is 23.4. The van der Waals surface area contributed by atoms with Crippen LogP contribution in [0.1, 0.15) is 49.3 Å². The lowest BCUT2D eigenvalue weighted by molar-refractivity contribution is -0.138. The Balaban J connectivity index is 1.56. The molecule has 1 atom stereocenters. The smallest absolute Gasteiger partial charge is 0.305 e. The molecule has 0 bridgehead atoms. The highest BCUT2D eigenvalue weighted by Crippen LogP contribution is 2.37. The number of carbonyl (C=O) groups is 1. The third-order valence-electron chi connectivity index (χ3n) is 7.22. The molecule has 4 rings (SSSR count). The van der Waals surface area contributed by atoms with E-state index < -0.39 is 12.0 Å². The number of methoxy groups -OCH3 is 1. The van der Waals surface area contributed by atoms with Gasteiger partial charge in [-0.2, -0.15) is 0 Å². The number of hydrogen-bond donors (Lipinski definition) is 3. The second-order valence-electron chi connectivity index (χ2n) is 9.89. The summed E-state index contributed by atoms with van der Waals surface area (Å²) in [6, 6.07) is 13.3. The number of ether oxygens (including phenoxy) is 2. The van der Waals surface area contributed by atoms with Gasteiger partial charge in [-0.1, -0.05) is 48.2 Å². The van der Waals surface area contributed by atoms with Crippen LogP contribution in [0.15, 0.2) is 48.5 Å². The minimum absolute atomic E-state index is 0.0440. The Morgan fingerprint density at radius 3 is 2.41 bits per heavy atom. The fraction of sp³-hybridized carbons (Fsp3) is 0.414. The first-order chi connectivity index (χ1) is 18.7. The number of carboxylic acid groups (broad SMARTS) is 1. The third-order valence-corrected chi connectivity index (χ3v) is 7.78. The monoisotopic (exact) mass is 576 g/mol. The van der Waals surface area contributed by atoms with Gasteiger partial charge < -0.3 is 24.8 Å². The fourth-order valence-electron chi connectivity index (χ4n) is 5.29. The van der Waals surface area contributed by atoms with Crippen molar-refractivity contribution < 1.29 is 29.6 Å². The fourth-order valence-corrected chi connectivity index (χ4v) is 5.82. The maximum Gasteiger partial charge on any atom is 0.305 e. The van der Waals surface area contributed by atoms with Crippen LogP contribution in [0.3, 0.4) is 0 Å². The number of aromatic nitrogens is 1. The quantitative estimate of drug-likeness (QED) is 0.213. The minimum atomic E-state index is -0.900. The maximum absolute atomic E-state index is 12.0. The summed E-state index contributed by atoms with van der Waals surface area (Å²) in [7, 11) is 1.56. The van der Waals surface area contributed by atoms with Gasteiger partial charge in [0.1, 0.15) is 6.61 Å². The summed E-state index contributed by atoms with van der Waals surface area (Å²) in [5, 5.41) is 30.4. The predicted octanol–water partition coefficient (Wildman–Crippen LogP) is 6.50. The average molecular weight is 578 g/mol. The van der Waals surface area contributed by atoms with Crippen molar-refractivity contribution in [3.05, 3.63) is 69.7 Å². The van der Waals surface area contributed by atoms with Crippen LogP contribution in [-0.2, 0) is 17.9 Å². The standard InChI is InChI=1S/C29H34Cl2N2O6/c1-38-26-14-20(6-9-25(26)39-13-12-33-27(34)10-11-28(33)35)18-32(17-19-4-2-3-5-19)24(16-29(36)37)22-8-7-21(30)15-23(22)31/h6-11,14-15,19,24,34-35H,2-5,12-13,16-18H2,1H3,(H,36,37). The van der Waals surface area contributed by atoms with E-state index in [0.717, 1.165) is 30.5 Å². The highest BCUT2D eigenvalue weighted by molar-refractivity contribution is 6.35. The van der Waals surface area contributed by atoms with Crippen LogP contribution in [-0.4, -0.2) is 51.0 Å². The topological polar surface area (TPSA) is 104 Å². The Labute approximate surface area is 238 Å². The number of aromatic hydroxyl groups is 2. The van der Waals surface area contributed by atoms with Crippen LogP contribution < -0.4 is 9.47 Å². The normalized spacial score (nSPS) is 14.6. The molecule has 1 aromatic heterocycles. The Hall–Kier alpha value is -3.07. The molecule has 1 aliphatic carbocycles. The van der Waals surface area contributed by atoms with Crippen LogP contribution in [0.5, 0.6) is 23.3 Å². The van der Waals surface area contributed by atoms with E-state index >= 15 is 0 Å². The number of nitrogens with zero attached hydrogens (tertiary/aromatic N) is 2. The molecule has 3 aromatic rings. The molecule has 210 valence electrons. The van der Waals surface area contributed by atoms with E-state index in [2.05, 4.69) is 4.90 Å². The van der Waals surface area contributed by atoms with E-state index in [0.29, 0.717) is 34.0 Å². The Bertz CT molecular complexity index is 1260. The number of carboxylic acids is 1. The molecular weight excluding hydrogens is 543 g/mol. The van der Waals surface area contributed by atoms with Crippen LogP contribution in [0.25, 0.3) is 0 Å². The molecule has 1 unspecified atom stereocenters. The molecule has 3 N–H and O–H groups in total. The van der Waals surface area contributed by atoms with Crippen molar-refractivity contribution in [3.63, 3.8) is 0 Å². The number of rotatable bonds is 13. The first kappa shape index (κ1) is 28.9. The zero-order valence-electron chi connectivity index (χ0n) is 21.9. The van der Waals surface area contributed by atoms with E-state index in [4.69, 9.17) is 32.7 Å².